The zero-order valence-electron chi connectivity index (χ0n) is 17.7. The number of ether oxygens (including phenoxy) is 2. The molecule has 0 N–H and O–H groups in total. The van der Waals surface area contributed by atoms with Gasteiger partial charge in [-0.3, -0.25) is 4.79 Å². The fraction of sp³-hybridized carbons (Fsp3) is 0.440. The molecule has 0 aromatic heterocycles. The van der Waals surface area contributed by atoms with Crippen molar-refractivity contribution in [2.24, 2.45) is 5.92 Å². The molecule has 1 atom stereocenters. The molecule has 158 valence electrons. The molecule has 30 heavy (non-hydrogen) atoms. The lowest BCUT2D eigenvalue weighted by Crippen LogP contribution is -2.54. The quantitative estimate of drug-likeness (QED) is 0.702. The molecule has 2 aromatic carbocycles. The minimum atomic E-state index is -1.11. The summed E-state index contributed by atoms with van der Waals surface area (Å²) >= 11 is 0. The van der Waals surface area contributed by atoms with Crippen molar-refractivity contribution in [1.29, 1.82) is 0 Å². The average Bonchev–Trinajstić information content (AvgIpc) is 2.78. The van der Waals surface area contributed by atoms with E-state index in [0.29, 0.717) is 17.9 Å². The van der Waals surface area contributed by atoms with Crippen LogP contribution in [0, 0.1) is 5.92 Å². The molecular weight excluding hydrogens is 378 g/mol. The van der Waals surface area contributed by atoms with E-state index in [-0.39, 0.29) is 5.91 Å². The fourth-order valence-electron chi connectivity index (χ4n) is 4.57. The summed E-state index contributed by atoms with van der Waals surface area (Å²) < 4.78 is 10.8. The highest BCUT2D eigenvalue weighted by Crippen LogP contribution is 2.31. The lowest BCUT2D eigenvalue weighted by Gasteiger charge is -2.40. The van der Waals surface area contributed by atoms with Crippen molar-refractivity contribution < 1.29 is 19.1 Å². The molecule has 0 radical (unpaired) electrons. The van der Waals surface area contributed by atoms with E-state index in [1.54, 1.807) is 20.1 Å². The Morgan fingerprint density at radius 2 is 1.83 bits per heavy atom. The summed E-state index contributed by atoms with van der Waals surface area (Å²) in [6, 6.07) is 15.6. The van der Waals surface area contributed by atoms with Crippen molar-refractivity contribution in [2.75, 3.05) is 20.2 Å². The van der Waals surface area contributed by atoms with Gasteiger partial charge in [-0.25, -0.2) is 4.79 Å². The predicted molar refractivity (Wildman–Crippen MR) is 115 cm³/mol. The molecule has 2 heterocycles. The third-order valence-electron chi connectivity index (χ3n) is 6.44. The Morgan fingerprint density at radius 1 is 1.13 bits per heavy atom. The molecule has 2 aliphatic heterocycles. The molecule has 2 aromatic rings. The van der Waals surface area contributed by atoms with Crippen LogP contribution in [0.1, 0.15) is 47.7 Å². The Kier molecular flexibility index (Phi) is 5.80. The summed E-state index contributed by atoms with van der Waals surface area (Å²) in [6.07, 6.45) is 4.57. The number of methoxy groups -OCH3 is 1. The standard InChI is InChI=1S/C25H29NO4/c1-25(17-20-5-3-4-6-22(20)23(27)30-25)24(28)26-15-13-19(14-16-26)8-7-18-9-11-21(29-2)12-10-18/h3-6,9-12,19H,7-8,13-17H2,1-2H3. The summed E-state index contributed by atoms with van der Waals surface area (Å²) in [5.41, 5.74) is 1.66. The second-order valence-corrected chi connectivity index (χ2v) is 8.58. The number of fused-ring (bicyclic) bond motifs is 1. The number of benzene rings is 2. The zero-order chi connectivity index (χ0) is 21.1. The molecule has 0 bridgehead atoms. The van der Waals surface area contributed by atoms with E-state index in [2.05, 4.69) is 12.1 Å². The average molecular weight is 408 g/mol. The van der Waals surface area contributed by atoms with Gasteiger partial charge in [-0.15, -0.1) is 0 Å². The number of aryl methyl sites for hydroxylation is 1. The number of amides is 1. The molecule has 1 unspecified atom stereocenters. The molecule has 5 heteroatoms. The summed E-state index contributed by atoms with van der Waals surface area (Å²) in [7, 11) is 1.68. The molecule has 4 rings (SSSR count). The van der Waals surface area contributed by atoms with Crippen LogP contribution in [0.5, 0.6) is 5.75 Å². The third-order valence-corrected chi connectivity index (χ3v) is 6.44. The number of carbonyl (C=O) groups excluding carboxylic acids is 2. The van der Waals surface area contributed by atoms with Gasteiger partial charge >= 0.3 is 5.97 Å². The Balaban J connectivity index is 1.31. The highest BCUT2D eigenvalue weighted by Gasteiger charge is 2.45. The monoisotopic (exact) mass is 407 g/mol. The lowest BCUT2D eigenvalue weighted by atomic mass is 9.86. The highest BCUT2D eigenvalue weighted by atomic mass is 16.6. The SMILES string of the molecule is COc1ccc(CCC2CCN(C(=O)C3(C)Cc4ccccc4C(=O)O3)CC2)cc1. The topological polar surface area (TPSA) is 55.8 Å². The molecule has 0 aliphatic carbocycles. The molecular formula is C25H29NO4. The number of nitrogens with zero attached hydrogens (tertiary/aromatic N) is 1. The first-order chi connectivity index (χ1) is 14.5. The van der Waals surface area contributed by atoms with Gasteiger partial charge in [-0.05, 0) is 67.9 Å². The maximum atomic E-state index is 13.2. The first kappa shape index (κ1) is 20.5. The van der Waals surface area contributed by atoms with Crippen molar-refractivity contribution in [3.8, 4) is 5.75 Å². The summed E-state index contributed by atoms with van der Waals surface area (Å²) in [5.74, 6) is 1.02. The Bertz CT molecular complexity index is 915. The van der Waals surface area contributed by atoms with Gasteiger partial charge in [0.2, 0.25) is 0 Å². The van der Waals surface area contributed by atoms with Crippen molar-refractivity contribution in [3.63, 3.8) is 0 Å². The van der Waals surface area contributed by atoms with E-state index < -0.39 is 11.6 Å². The van der Waals surface area contributed by atoms with Crippen molar-refractivity contribution >= 4 is 11.9 Å². The zero-order valence-corrected chi connectivity index (χ0v) is 17.7. The van der Waals surface area contributed by atoms with Crippen molar-refractivity contribution in [1.82, 2.24) is 4.90 Å². The normalized spacial score (nSPS) is 21.7. The maximum absolute atomic E-state index is 13.2. The number of hydrogen-bond acceptors (Lipinski definition) is 4. The van der Waals surface area contributed by atoms with Gasteiger partial charge in [0, 0.05) is 19.5 Å². The summed E-state index contributed by atoms with van der Waals surface area (Å²) in [4.78, 5) is 27.5. The maximum Gasteiger partial charge on any atom is 0.339 e. The van der Waals surface area contributed by atoms with E-state index in [4.69, 9.17) is 9.47 Å². The Morgan fingerprint density at radius 3 is 2.53 bits per heavy atom. The molecule has 0 spiro atoms. The molecule has 1 amide bonds. The van der Waals surface area contributed by atoms with Gasteiger partial charge in [0.05, 0.1) is 12.7 Å². The lowest BCUT2D eigenvalue weighted by molar-refractivity contribution is -0.152. The van der Waals surface area contributed by atoms with Crippen LogP contribution in [-0.4, -0.2) is 42.6 Å². The van der Waals surface area contributed by atoms with Crippen LogP contribution in [-0.2, 0) is 22.4 Å². The number of rotatable bonds is 5. The van der Waals surface area contributed by atoms with Gasteiger partial charge in [-0.2, -0.15) is 0 Å². The van der Waals surface area contributed by atoms with Crippen molar-refractivity contribution in [2.45, 2.75) is 44.6 Å². The van der Waals surface area contributed by atoms with Crippen LogP contribution in [0.25, 0.3) is 0 Å². The first-order valence-electron chi connectivity index (χ1n) is 10.7. The number of cyclic esters (lactones) is 1. The Hall–Kier alpha value is -2.82. The van der Waals surface area contributed by atoms with E-state index in [1.807, 2.05) is 35.2 Å². The van der Waals surface area contributed by atoms with Crippen LogP contribution < -0.4 is 4.74 Å². The second-order valence-electron chi connectivity index (χ2n) is 8.58. The number of hydrogen-bond donors (Lipinski definition) is 0. The molecule has 1 fully saturated rings. The van der Waals surface area contributed by atoms with Crippen LogP contribution >= 0.6 is 0 Å². The number of carbonyl (C=O) groups is 2. The molecule has 5 nitrogen and oxygen atoms in total. The predicted octanol–water partition coefficient (Wildman–Crippen LogP) is 4.04. The molecule has 2 aliphatic rings. The van der Waals surface area contributed by atoms with Gasteiger partial charge in [0.15, 0.2) is 5.60 Å². The van der Waals surface area contributed by atoms with E-state index in [9.17, 15) is 9.59 Å². The minimum Gasteiger partial charge on any atom is -0.497 e. The highest BCUT2D eigenvalue weighted by molar-refractivity contribution is 5.97. The number of piperidine rings is 1. The van der Waals surface area contributed by atoms with Crippen LogP contribution in [0.4, 0.5) is 0 Å². The Labute approximate surface area is 178 Å². The largest absolute Gasteiger partial charge is 0.497 e. The number of esters is 1. The summed E-state index contributed by atoms with van der Waals surface area (Å²) in [5, 5.41) is 0. The van der Waals surface area contributed by atoms with Crippen LogP contribution in [0.15, 0.2) is 48.5 Å². The van der Waals surface area contributed by atoms with Gasteiger partial charge in [-0.1, -0.05) is 30.3 Å². The van der Waals surface area contributed by atoms with Gasteiger partial charge in [0.25, 0.3) is 5.91 Å². The van der Waals surface area contributed by atoms with Crippen molar-refractivity contribution in [3.05, 3.63) is 65.2 Å². The van der Waals surface area contributed by atoms with E-state index >= 15 is 0 Å². The van der Waals surface area contributed by atoms with Crippen LogP contribution in [0.3, 0.4) is 0 Å². The molecule has 1 saturated heterocycles. The van der Waals surface area contributed by atoms with Crippen LogP contribution in [0.2, 0.25) is 0 Å². The minimum absolute atomic E-state index is 0.0704. The molecule has 0 saturated carbocycles. The van der Waals surface area contributed by atoms with Gasteiger partial charge < -0.3 is 14.4 Å². The number of likely N-dealkylation sites (tertiary alicyclic amines) is 1. The summed E-state index contributed by atoms with van der Waals surface area (Å²) in [6.45, 7) is 3.20. The fourth-order valence-corrected chi connectivity index (χ4v) is 4.57. The van der Waals surface area contributed by atoms with E-state index in [0.717, 1.165) is 50.1 Å². The smallest absolute Gasteiger partial charge is 0.339 e. The van der Waals surface area contributed by atoms with Gasteiger partial charge in [0.1, 0.15) is 5.75 Å². The third kappa shape index (κ3) is 4.20. The van der Waals surface area contributed by atoms with E-state index in [1.165, 1.54) is 5.56 Å². The second kappa shape index (κ2) is 8.50. The first-order valence-corrected chi connectivity index (χ1v) is 10.7.